The lowest BCUT2D eigenvalue weighted by Crippen LogP contribution is -2.32. The number of hydrogen-bond acceptors (Lipinski definition) is 4. The first-order valence-corrected chi connectivity index (χ1v) is 16.9. The van der Waals surface area contributed by atoms with E-state index in [9.17, 15) is 0 Å². The third-order valence-corrected chi connectivity index (χ3v) is 10.0. The first-order chi connectivity index (χ1) is 24.8. The lowest BCUT2D eigenvalue weighted by atomic mass is 9.66. The van der Waals surface area contributed by atoms with Crippen molar-refractivity contribution in [3.05, 3.63) is 198 Å². The second kappa shape index (κ2) is 11.2. The minimum atomic E-state index is -0.605. The van der Waals surface area contributed by atoms with Gasteiger partial charge in [0.1, 0.15) is 11.5 Å². The molecule has 1 spiro atoms. The van der Waals surface area contributed by atoms with Crippen molar-refractivity contribution < 1.29 is 4.74 Å². The number of para-hydroxylation sites is 2. The van der Waals surface area contributed by atoms with Gasteiger partial charge in [-0.05, 0) is 52.6 Å². The molecule has 0 fully saturated rings. The van der Waals surface area contributed by atoms with Crippen molar-refractivity contribution in [2.75, 3.05) is 0 Å². The molecule has 8 aromatic rings. The molecule has 234 valence electrons. The molecule has 0 saturated heterocycles. The Bertz CT molecular complexity index is 2520. The fraction of sp³-hybridized carbons (Fsp3) is 0.0217. The van der Waals surface area contributed by atoms with Crippen LogP contribution in [0.5, 0.6) is 11.5 Å². The monoisotopic (exact) mass is 639 g/mol. The SMILES string of the molecule is c1ccc(-c2ccc(-c3cc(-c4ccc5c(c4)C4(c6ccccc6Oc6ccccc64)c4cccnc4-5)nc(-c4ccccc4)n3)cc2)cc1. The Balaban J connectivity index is 1.19. The first kappa shape index (κ1) is 28.4. The second-order valence-corrected chi connectivity index (χ2v) is 12.8. The average Bonchev–Trinajstić information content (AvgIpc) is 3.48. The zero-order valence-corrected chi connectivity index (χ0v) is 27.0. The smallest absolute Gasteiger partial charge is 0.160 e. The Morgan fingerprint density at radius 1 is 0.400 bits per heavy atom. The molecule has 0 N–H and O–H groups in total. The van der Waals surface area contributed by atoms with E-state index in [1.54, 1.807) is 0 Å². The molecule has 0 saturated carbocycles. The van der Waals surface area contributed by atoms with E-state index in [1.807, 2.05) is 48.7 Å². The molecule has 1 aliphatic carbocycles. The highest BCUT2D eigenvalue weighted by atomic mass is 16.5. The van der Waals surface area contributed by atoms with Gasteiger partial charge in [-0.2, -0.15) is 0 Å². The molecule has 3 heterocycles. The van der Waals surface area contributed by atoms with Gasteiger partial charge in [-0.3, -0.25) is 4.98 Å². The summed E-state index contributed by atoms with van der Waals surface area (Å²) in [5.74, 6) is 2.40. The molecule has 10 rings (SSSR count). The summed E-state index contributed by atoms with van der Waals surface area (Å²) in [6.45, 7) is 0. The van der Waals surface area contributed by atoms with Gasteiger partial charge < -0.3 is 4.74 Å². The average molecular weight is 640 g/mol. The van der Waals surface area contributed by atoms with Crippen molar-refractivity contribution in [1.82, 2.24) is 15.0 Å². The largest absolute Gasteiger partial charge is 0.457 e. The predicted molar refractivity (Wildman–Crippen MR) is 199 cm³/mol. The van der Waals surface area contributed by atoms with Crippen molar-refractivity contribution in [3.8, 4) is 67.8 Å². The van der Waals surface area contributed by atoms with Gasteiger partial charge in [0, 0.05) is 39.6 Å². The number of fused-ring (bicyclic) bond motifs is 9. The summed E-state index contributed by atoms with van der Waals surface area (Å²) in [6.07, 6.45) is 1.89. The minimum Gasteiger partial charge on any atom is -0.457 e. The number of pyridine rings is 1. The summed E-state index contributed by atoms with van der Waals surface area (Å²) in [5.41, 5.74) is 13.1. The summed E-state index contributed by atoms with van der Waals surface area (Å²) in [5, 5.41) is 0. The maximum atomic E-state index is 6.53. The van der Waals surface area contributed by atoms with Gasteiger partial charge in [0.05, 0.1) is 22.5 Å². The molecule has 0 unspecified atom stereocenters. The standard InChI is InChI=1S/C46H29N3O/c1-3-12-30(13-4-1)31-21-23-32(24-22-31)40-29-41(49-45(48-40)33-14-5-2-6-15-33)34-25-26-35-39(28-34)46(38-18-11-27-47-44(35)38)36-16-7-9-19-42(36)50-43-20-10-8-17-37(43)46/h1-29H. The van der Waals surface area contributed by atoms with Gasteiger partial charge in [-0.25, -0.2) is 9.97 Å². The van der Waals surface area contributed by atoms with Crippen molar-refractivity contribution in [1.29, 1.82) is 0 Å². The van der Waals surface area contributed by atoms with Gasteiger partial charge in [-0.15, -0.1) is 0 Å². The van der Waals surface area contributed by atoms with Crippen molar-refractivity contribution in [3.63, 3.8) is 0 Å². The summed E-state index contributed by atoms with van der Waals surface area (Å²) in [7, 11) is 0. The van der Waals surface area contributed by atoms with E-state index in [2.05, 4.69) is 127 Å². The van der Waals surface area contributed by atoms with Crippen LogP contribution in [0.15, 0.2) is 176 Å². The van der Waals surface area contributed by atoms with Gasteiger partial charge in [-0.1, -0.05) is 140 Å². The molecule has 6 aromatic carbocycles. The van der Waals surface area contributed by atoms with Crippen LogP contribution in [-0.4, -0.2) is 15.0 Å². The van der Waals surface area contributed by atoms with Crippen LogP contribution in [0.3, 0.4) is 0 Å². The summed E-state index contributed by atoms with van der Waals surface area (Å²) >= 11 is 0. The Morgan fingerprint density at radius 2 is 0.940 bits per heavy atom. The molecule has 0 amide bonds. The number of ether oxygens (including phenoxy) is 1. The molecule has 4 heteroatoms. The zero-order valence-electron chi connectivity index (χ0n) is 27.0. The number of nitrogens with zero attached hydrogens (tertiary/aromatic N) is 3. The summed E-state index contributed by atoms with van der Waals surface area (Å²) < 4.78 is 6.53. The zero-order chi connectivity index (χ0) is 33.1. The molecule has 2 aromatic heterocycles. The molecule has 1 aliphatic heterocycles. The first-order valence-electron chi connectivity index (χ1n) is 16.9. The Labute approximate surface area is 290 Å². The van der Waals surface area contributed by atoms with Crippen molar-refractivity contribution in [2.24, 2.45) is 0 Å². The van der Waals surface area contributed by atoms with E-state index >= 15 is 0 Å². The van der Waals surface area contributed by atoms with Gasteiger partial charge >= 0.3 is 0 Å². The van der Waals surface area contributed by atoms with E-state index in [4.69, 9.17) is 19.7 Å². The number of benzene rings is 6. The van der Waals surface area contributed by atoms with E-state index in [-0.39, 0.29) is 0 Å². The van der Waals surface area contributed by atoms with Crippen LogP contribution in [0.1, 0.15) is 22.3 Å². The van der Waals surface area contributed by atoms with E-state index in [0.717, 1.165) is 67.5 Å². The van der Waals surface area contributed by atoms with E-state index in [0.29, 0.717) is 5.82 Å². The second-order valence-electron chi connectivity index (χ2n) is 12.8. The molecule has 50 heavy (non-hydrogen) atoms. The topological polar surface area (TPSA) is 47.9 Å². The summed E-state index contributed by atoms with van der Waals surface area (Å²) in [6, 6.07) is 59.2. The highest BCUT2D eigenvalue weighted by molar-refractivity contribution is 5.88. The van der Waals surface area contributed by atoms with Crippen LogP contribution in [-0.2, 0) is 5.41 Å². The molecule has 0 bridgehead atoms. The van der Waals surface area contributed by atoms with E-state index in [1.165, 1.54) is 16.7 Å². The van der Waals surface area contributed by atoms with Crippen LogP contribution < -0.4 is 4.74 Å². The number of rotatable bonds is 4. The fourth-order valence-corrected chi connectivity index (χ4v) is 7.79. The minimum absolute atomic E-state index is 0.605. The normalized spacial score (nSPS) is 13.1. The lowest BCUT2D eigenvalue weighted by Gasteiger charge is -2.39. The van der Waals surface area contributed by atoms with Crippen LogP contribution in [0.2, 0.25) is 0 Å². The van der Waals surface area contributed by atoms with Crippen LogP contribution in [0, 0.1) is 0 Å². The molecule has 2 aliphatic rings. The van der Waals surface area contributed by atoms with Crippen molar-refractivity contribution >= 4 is 0 Å². The number of hydrogen-bond donors (Lipinski definition) is 0. The maximum Gasteiger partial charge on any atom is 0.160 e. The van der Waals surface area contributed by atoms with Gasteiger partial charge in [0.2, 0.25) is 0 Å². The maximum absolute atomic E-state index is 6.53. The summed E-state index contributed by atoms with van der Waals surface area (Å²) in [4.78, 5) is 15.3. The van der Waals surface area contributed by atoms with Crippen LogP contribution >= 0.6 is 0 Å². The Kier molecular flexibility index (Phi) is 6.36. The van der Waals surface area contributed by atoms with Crippen LogP contribution in [0.25, 0.3) is 56.3 Å². The highest BCUT2D eigenvalue weighted by Crippen LogP contribution is 2.61. The number of aromatic nitrogens is 3. The molecular formula is C46H29N3O. The van der Waals surface area contributed by atoms with Crippen molar-refractivity contribution in [2.45, 2.75) is 5.41 Å². The van der Waals surface area contributed by atoms with Gasteiger partial charge in [0.15, 0.2) is 5.82 Å². The fourth-order valence-electron chi connectivity index (χ4n) is 7.79. The van der Waals surface area contributed by atoms with Crippen LogP contribution in [0.4, 0.5) is 0 Å². The highest BCUT2D eigenvalue weighted by Gasteiger charge is 2.51. The molecule has 4 nitrogen and oxygen atoms in total. The lowest BCUT2D eigenvalue weighted by molar-refractivity contribution is 0.436. The molecule has 0 radical (unpaired) electrons. The predicted octanol–water partition coefficient (Wildman–Crippen LogP) is 11.0. The Morgan fingerprint density at radius 3 is 1.64 bits per heavy atom. The quantitative estimate of drug-likeness (QED) is 0.192. The third-order valence-electron chi connectivity index (χ3n) is 10.0. The van der Waals surface area contributed by atoms with E-state index < -0.39 is 5.41 Å². The molecular weight excluding hydrogens is 611 g/mol. The Hall–Kier alpha value is -6.65. The van der Waals surface area contributed by atoms with Gasteiger partial charge in [0.25, 0.3) is 0 Å². The third kappa shape index (κ3) is 4.28. The molecule has 0 atom stereocenters.